The molecular formula is C17H26N2O2S. The molecule has 0 bridgehead atoms. The van der Waals surface area contributed by atoms with Gasteiger partial charge in [0.05, 0.1) is 18.7 Å². The van der Waals surface area contributed by atoms with Gasteiger partial charge in [0.25, 0.3) is 0 Å². The van der Waals surface area contributed by atoms with Crippen LogP contribution in [-0.4, -0.2) is 53.2 Å². The number of nitrogens with zero attached hydrogens (tertiary/aromatic N) is 1. The lowest BCUT2D eigenvalue weighted by Gasteiger charge is -2.32. The summed E-state index contributed by atoms with van der Waals surface area (Å²) in [4.78, 5) is 14.6. The molecule has 2 rings (SSSR count). The van der Waals surface area contributed by atoms with Crippen LogP contribution in [0.15, 0.2) is 24.3 Å². The first-order chi connectivity index (χ1) is 10.7. The van der Waals surface area contributed by atoms with Crippen LogP contribution in [0.25, 0.3) is 0 Å². The lowest BCUT2D eigenvalue weighted by molar-refractivity contribution is -0.126. The first-order valence-corrected chi connectivity index (χ1v) is 9.13. The molecule has 1 amide bonds. The van der Waals surface area contributed by atoms with Crippen molar-refractivity contribution in [2.45, 2.75) is 32.4 Å². The third-order valence-corrected chi connectivity index (χ3v) is 5.20. The predicted octanol–water partition coefficient (Wildman–Crippen LogP) is 1.84. The highest BCUT2D eigenvalue weighted by atomic mass is 32.2. The van der Waals surface area contributed by atoms with Crippen LogP contribution in [0.3, 0.4) is 0 Å². The van der Waals surface area contributed by atoms with Crippen LogP contribution in [0.1, 0.15) is 31.0 Å². The molecule has 122 valence electrons. The van der Waals surface area contributed by atoms with Crippen molar-refractivity contribution in [2.75, 3.05) is 31.2 Å². The summed E-state index contributed by atoms with van der Waals surface area (Å²) in [6, 6.07) is 7.60. The zero-order valence-electron chi connectivity index (χ0n) is 13.4. The molecule has 1 saturated heterocycles. The zero-order valence-corrected chi connectivity index (χ0v) is 14.2. The molecule has 1 fully saturated rings. The van der Waals surface area contributed by atoms with Crippen molar-refractivity contribution >= 4 is 17.7 Å². The zero-order chi connectivity index (χ0) is 15.9. The van der Waals surface area contributed by atoms with Gasteiger partial charge in [-0.3, -0.25) is 9.69 Å². The Kier molecular flexibility index (Phi) is 6.73. The second-order valence-corrected chi connectivity index (χ2v) is 6.89. The predicted molar refractivity (Wildman–Crippen MR) is 92.1 cm³/mol. The molecule has 2 atom stereocenters. The maximum atomic E-state index is 12.4. The van der Waals surface area contributed by atoms with E-state index < -0.39 is 0 Å². The fourth-order valence-electron chi connectivity index (χ4n) is 2.64. The van der Waals surface area contributed by atoms with Crippen molar-refractivity contribution in [3.63, 3.8) is 0 Å². The maximum Gasteiger partial charge on any atom is 0.237 e. The number of thioether (sulfide) groups is 1. The van der Waals surface area contributed by atoms with Crippen LogP contribution in [0.4, 0.5) is 0 Å². The number of hydrogen-bond donors (Lipinski definition) is 2. The molecule has 1 aliphatic rings. The fourth-order valence-corrected chi connectivity index (χ4v) is 3.57. The Labute approximate surface area is 137 Å². The Morgan fingerprint density at radius 2 is 1.95 bits per heavy atom. The third-order valence-electron chi connectivity index (χ3n) is 4.26. The minimum absolute atomic E-state index is 0.00878. The van der Waals surface area contributed by atoms with Crippen molar-refractivity contribution in [3.05, 3.63) is 35.4 Å². The van der Waals surface area contributed by atoms with E-state index in [1.165, 1.54) is 5.56 Å². The van der Waals surface area contributed by atoms with Crippen LogP contribution >= 0.6 is 11.8 Å². The summed E-state index contributed by atoms with van der Waals surface area (Å²) < 4.78 is 0. The van der Waals surface area contributed by atoms with Crippen molar-refractivity contribution < 1.29 is 9.90 Å². The van der Waals surface area contributed by atoms with Gasteiger partial charge >= 0.3 is 0 Å². The SMILES string of the molecule is CCc1ccc(C(CO)NC(=O)C(C)N2CCSCC2)cc1. The highest BCUT2D eigenvalue weighted by molar-refractivity contribution is 7.99. The molecule has 2 unspecified atom stereocenters. The minimum atomic E-state index is -0.333. The molecule has 1 aliphatic heterocycles. The van der Waals surface area contributed by atoms with Gasteiger partial charge in [-0.05, 0) is 24.5 Å². The Morgan fingerprint density at radius 1 is 1.32 bits per heavy atom. The molecular weight excluding hydrogens is 296 g/mol. The van der Waals surface area contributed by atoms with E-state index in [0.717, 1.165) is 36.6 Å². The van der Waals surface area contributed by atoms with Gasteiger partial charge in [-0.2, -0.15) is 11.8 Å². The molecule has 2 N–H and O–H groups in total. The number of benzene rings is 1. The van der Waals surface area contributed by atoms with Crippen LogP contribution in [0.5, 0.6) is 0 Å². The topological polar surface area (TPSA) is 52.6 Å². The molecule has 0 radical (unpaired) electrons. The van der Waals surface area contributed by atoms with E-state index in [4.69, 9.17) is 0 Å². The van der Waals surface area contributed by atoms with E-state index in [1.54, 1.807) is 0 Å². The van der Waals surface area contributed by atoms with Crippen molar-refractivity contribution in [2.24, 2.45) is 0 Å². The quantitative estimate of drug-likeness (QED) is 0.839. The second kappa shape index (κ2) is 8.56. The Bertz CT molecular complexity index is 472. The van der Waals surface area contributed by atoms with Gasteiger partial charge in [-0.15, -0.1) is 0 Å². The molecule has 1 aromatic rings. The number of aliphatic hydroxyl groups is 1. The van der Waals surface area contributed by atoms with Gasteiger partial charge in [0.15, 0.2) is 0 Å². The van der Waals surface area contributed by atoms with Crippen molar-refractivity contribution in [1.82, 2.24) is 10.2 Å². The standard InChI is InChI=1S/C17H26N2O2S/c1-3-14-4-6-15(7-5-14)16(12-20)18-17(21)13(2)19-8-10-22-11-9-19/h4-7,13,16,20H,3,8-12H2,1-2H3,(H,18,21). The van der Waals surface area contributed by atoms with E-state index >= 15 is 0 Å². The normalized spacial score (nSPS) is 18.7. The maximum absolute atomic E-state index is 12.4. The van der Waals surface area contributed by atoms with Gasteiger partial charge in [0, 0.05) is 24.6 Å². The molecule has 22 heavy (non-hydrogen) atoms. The summed E-state index contributed by atoms with van der Waals surface area (Å²) in [5.41, 5.74) is 2.21. The number of carbonyl (C=O) groups is 1. The van der Waals surface area contributed by atoms with Gasteiger partial charge in [0.2, 0.25) is 5.91 Å². The van der Waals surface area contributed by atoms with E-state index in [9.17, 15) is 9.90 Å². The number of hydrogen-bond acceptors (Lipinski definition) is 4. The Balaban J connectivity index is 1.97. The van der Waals surface area contributed by atoms with Crippen LogP contribution in [0.2, 0.25) is 0 Å². The Morgan fingerprint density at radius 3 is 2.50 bits per heavy atom. The minimum Gasteiger partial charge on any atom is -0.394 e. The van der Waals surface area contributed by atoms with E-state index in [2.05, 4.69) is 29.3 Å². The summed E-state index contributed by atoms with van der Waals surface area (Å²) in [5.74, 6) is 2.16. The number of rotatable bonds is 6. The van der Waals surface area contributed by atoms with Crippen molar-refractivity contribution in [1.29, 1.82) is 0 Å². The van der Waals surface area contributed by atoms with Crippen molar-refractivity contribution in [3.8, 4) is 0 Å². The lowest BCUT2D eigenvalue weighted by atomic mass is 10.0. The number of carbonyl (C=O) groups excluding carboxylic acids is 1. The summed E-state index contributed by atoms with van der Waals surface area (Å²) >= 11 is 1.93. The summed E-state index contributed by atoms with van der Waals surface area (Å²) in [5, 5.41) is 12.6. The van der Waals surface area contributed by atoms with Gasteiger partial charge in [0.1, 0.15) is 0 Å². The Hall–Kier alpha value is -1.04. The van der Waals surface area contributed by atoms with Crippen LogP contribution in [-0.2, 0) is 11.2 Å². The molecule has 0 spiro atoms. The smallest absolute Gasteiger partial charge is 0.237 e. The average Bonchev–Trinajstić information content (AvgIpc) is 2.59. The summed E-state index contributed by atoms with van der Waals surface area (Å²) in [6.45, 7) is 5.88. The largest absolute Gasteiger partial charge is 0.394 e. The molecule has 5 heteroatoms. The first-order valence-electron chi connectivity index (χ1n) is 7.97. The number of aryl methyl sites for hydroxylation is 1. The summed E-state index contributed by atoms with van der Waals surface area (Å²) in [6.07, 6.45) is 0.987. The molecule has 0 aliphatic carbocycles. The third kappa shape index (κ3) is 4.48. The highest BCUT2D eigenvalue weighted by Gasteiger charge is 2.25. The molecule has 1 aromatic carbocycles. The van der Waals surface area contributed by atoms with Crippen LogP contribution in [0, 0.1) is 0 Å². The number of amides is 1. The number of aliphatic hydroxyl groups excluding tert-OH is 1. The second-order valence-electron chi connectivity index (χ2n) is 5.66. The summed E-state index contributed by atoms with van der Waals surface area (Å²) in [7, 11) is 0. The van der Waals surface area contributed by atoms with Gasteiger partial charge in [-0.25, -0.2) is 0 Å². The molecule has 0 aromatic heterocycles. The molecule has 1 heterocycles. The molecule has 0 saturated carbocycles. The van der Waals surface area contributed by atoms with E-state index in [-0.39, 0.29) is 24.6 Å². The van der Waals surface area contributed by atoms with E-state index in [0.29, 0.717) is 0 Å². The van der Waals surface area contributed by atoms with E-state index in [1.807, 2.05) is 30.8 Å². The van der Waals surface area contributed by atoms with Gasteiger partial charge < -0.3 is 10.4 Å². The monoisotopic (exact) mass is 322 g/mol. The average molecular weight is 322 g/mol. The molecule has 4 nitrogen and oxygen atoms in total. The number of nitrogens with one attached hydrogen (secondary N) is 1. The van der Waals surface area contributed by atoms with Crippen LogP contribution < -0.4 is 5.32 Å². The fraction of sp³-hybridized carbons (Fsp3) is 0.588. The van der Waals surface area contributed by atoms with Gasteiger partial charge in [-0.1, -0.05) is 31.2 Å². The highest BCUT2D eigenvalue weighted by Crippen LogP contribution is 2.16. The lowest BCUT2D eigenvalue weighted by Crippen LogP contribution is -2.49. The first kappa shape index (κ1) is 17.3.